The van der Waals surface area contributed by atoms with Crippen LogP contribution in [0.15, 0.2) is 60.7 Å². The highest BCUT2D eigenvalue weighted by Crippen LogP contribution is 2.25. The first-order valence-electron chi connectivity index (χ1n) is 7.24. The molecule has 0 aliphatic rings. The Morgan fingerprint density at radius 3 is 2.44 bits per heavy atom. The van der Waals surface area contributed by atoms with Gasteiger partial charge in [0.2, 0.25) is 0 Å². The van der Waals surface area contributed by atoms with E-state index in [4.69, 9.17) is 4.74 Å². The predicted octanol–water partition coefficient (Wildman–Crippen LogP) is 1.83. The van der Waals surface area contributed by atoms with Crippen LogP contribution in [0.5, 0.6) is 5.75 Å². The quantitative estimate of drug-likeness (QED) is 0.473. The summed E-state index contributed by atoms with van der Waals surface area (Å²) in [4.78, 5) is 33.5. The summed E-state index contributed by atoms with van der Waals surface area (Å²) in [6.45, 7) is -0.479. The van der Waals surface area contributed by atoms with Gasteiger partial charge in [0, 0.05) is 12.1 Å². The lowest BCUT2D eigenvalue weighted by atomic mass is 10.2. The Bertz CT molecular complexity index is 790. The fourth-order valence-electron chi connectivity index (χ4n) is 1.82. The second kappa shape index (κ2) is 8.82. The fourth-order valence-corrected chi connectivity index (χ4v) is 1.82. The van der Waals surface area contributed by atoms with E-state index in [0.717, 1.165) is 5.56 Å². The Hall–Kier alpha value is -3.68. The van der Waals surface area contributed by atoms with Gasteiger partial charge < -0.3 is 4.74 Å². The van der Waals surface area contributed by atoms with Crippen molar-refractivity contribution < 1.29 is 19.2 Å². The summed E-state index contributed by atoms with van der Waals surface area (Å²) in [5.41, 5.74) is 4.93. The average molecular weight is 341 g/mol. The number of benzene rings is 2. The highest BCUT2D eigenvalue weighted by molar-refractivity contribution is 5.93. The Morgan fingerprint density at radius 1 is 1.04 bits per heavy atom. The number of para-hydroxylation sites is 2. The minimum absolute atomic E-state index is 0.0297. The van der Waals surface area contributed by atoms with Crippen molar-refractivity contribution in [1.82, 2.24) is 10.9 Å². The van der Waals surface area contributed by atoms with E-state index >= 15 is 0 Å². The van der Waals surface area contributed by atoms with Gasteiger partial charge >= 0.3 is 5.69 Å². The molecule has 2 amide bonds. The molecule has 25 heavy (non-hydrogen) atoms. The first-order valence-corrected chi connectivity index (χ1v) is 7.24. The van der Waals surface area contributed by atoms with E-state index in [2.05, 4.69) is 10.9 Å². The molecule has 0 unspecified atom stereocenters. The van der Waals surface area contributed by atoms with Gasteiger partial charge in [0.05, 0.1) is 4.92 Å². The Balaban J connectivity index is 1.78. The van der Waals surface area contributed by atoms with Crippen LogP contribution in [0.4, 0.5) is 5.69 Å². The molecule has 2 aromatic rings. The largest absolute Gasteiger partial charge is 0.477 e. The van der Waals surface area contributed by atoms with E-state index in [1.807, 2.05) is 30.3 Å². The number of nitro groups is 1. The van der Waals surface area contributed by atoms with Crippen LogP contribution in [0.1, 0.15) is 5.56 Å². The molecule has 0 radical (unpaired) electrons. The zero-order valence-electron chi connectivity index (χ0n) is 13.0. The Kier molecular flexibility index (Phi) is 6.24. The van der Waals surface area contributed by atoms with Crippen LogP contribution < -0.4 is 15.6 Å². The number of hydrazine groups is 1. The zero-order chi connectivity index (χ0) is 18.1. The van der Waals surface area contributed by atoms with Crippen LogP contribution in [-0.2, 0) is 9.59 Å². The maximum absolute atomic E-state index is 11.6. The lowest BCUT2D eigenvalue weighted by Gasteiger charge is -2.07. The fraction of sp³-hybridized carbons (Fsp3) is 0.0588. The molecular formula is C17H15N3O5. The molecule has 0 atom stereocenters. The summed E-state index contributed by atoms with van der Waals surface area (Å²) >= 11 is 0. The normalized spacial score (nSPS) is 10.2. The molecule has 2 aromatic carbocycles. The molecule has 0 fully saturated rings. The maximum Gasteiger partial charge on any atom is 0.310 e. The number of hydrogen-bond acceptors (Lipinski definition) is 5. The molecule has 8 heteroatoms. The zero-order valence-corrected chi connectivity index (χ0v) is 13.0. The highest BCUT2D eigenvalue weighted by Gasteiger charge is 2.14. The minimum atomic E-state index is -0.653. The third-order valence-corrected chi connectivity index (χ3v) is 2.97. The van der Waals surface area contributed by atoms with Crippen molar-refractivity contribution in [3.63, 3.8) is 0 Å². The Morgan fingerprint density at radius 2 is 1.72 bits per heavy atom. The van der Waals surface area contributed by atoms with E-state index in [1.165, 1.54) is 24.3 Å². The van der Waals surface area contributed by atoms with Gasteiger partial charge in [-0.15, -0.1) is 0 Å². The van der Waals surface area contributed by atoms with Gasteiger partial charge in [-0.1, -0.05) is 42.5 Å². The van der Waals surface area contributed by atoms with Crippen LogP contribution in [0, 0.1) is 10.1 Å². The lowest BCUT2D eigenvalue weighted by molar-refractivity contribution is -0.385. The molecule has 2 N–H and O–H groups in total. The molecule has 0 bridgehead atoms. The maximum atomic E-state index is 11.6. The van der Waals surface area contributed by atoms with Crippen LogP contribution in [0.2, 0.25) is 0 Å². The average Bonchev–Trinajstić information content (AvgIpc) is 2.64. The third kappa shape index (κ3) is 5.79. The number of rotatable bonds is 6. The molecule has 0 saturated heterocycles. The smallest absolute Gasteiger partial charge is 0.310 e. The molecule has 0 aromatic heterocycles. The molecule has 0 heterocycles. The van der Waals surface area contributed by atoms with E-state index in [1.54, 1.807) is 12.1 Å². The summed E-state index contributed by atoms with van der Waals surface area (Å²) in [5, 5.41) is 10.8. The Labute approximate surface area is 143 Å². The second-order valence-electron chi connectivity index (χ2n) is 4.79. The minimum Gasteiger partial charge on any atom is -0.477 e. The number of nitro benzene ring substituents is 1. The third-order valence-electron chi connectivity index (χ3n) is 2.97. The summed E-state index contributed by atoms with van der Waals surface area (Å²) in [6.07, 6.45) is 2.85. The number of carbonyl (C=O) groups is 2. The van der Waals surface area contributed by atoms with Crippen molar-refractivity contribution in [3.05, 3.63) is 76.4 Å². The molecular weight excluding hydrogens is 326 g/mol. The van der Waals surface area contributed by atoms with E-state index in [0.29, 0.717) is 0 Å². The second-order valence-corrected chi connectivity index (χ2v) is 4.79. The van der Waals surface area contributed by atoms with Gasteiger partial charge in [-0.3, -0.25) is 30.6 Å². The number of hydrogen-bond donors (Lipinski definition) is 2. The van der Waals surface area contributed by atoms with Crippen molar-refractivity contribution in [3.8, 4) is 5.75 Å². The molecule has 8 nitrogen and oxygen atoms in total. The molecule has 0 saturated carbocycles. The van der Waals surface area contributed by atoms with Crippen LogP contribution in [0.25, 0.3) is 6.08 Å². The monoisotopic (exact) mass is 341 g/mol. The van der Waals surface area contributed by atoms with Gasteiger partial charge in [-0.2, -0.15) is 0 Å². The lowest BCUT2D eigenvalue weighted by Crippen LogP contribution is -2.43. The van der Waals surface area contributed by atoms with Gasteiger partial charge in [0.15, 0.2) is 12.4 Å². The van der Waals surface area contributed by atoms with Crippen LogP contribution in [-0.4, -0.2) is 23.3 Å². The van der Waals surface area contributed by atoms with E-state index < -0.39 is 23.3 Å². The SMILES string of the molecule is O=C(/C=C/c1ccccc1)NNC(=O)COc1ccccc1[N+](=O)[O-]. The van der Waals surface area contributed by atoms with Crippen LogP contribution in [0.3, 0.4) is 0 Å². The van der Waals surface area contributed by atoms with Gasteiger partial charge in [0.1, 0.15) is 0 Å². The topological polar surface area (TPSA) is 111 Å². The van der Waals surface area contributed by atoms with Crippen LogP contribution >= 0.6 is 0 Å². The molecule has 2 rings (SSSR count). The molecule has 0 aliphatic heterocycles. The standard InChI is InChI=1S/C17H15N3O5/c21-16(11-10-13-6-2-1-3-7-13)18-19-17(22)12-25-15-9-5-4-8-14(15)20(23)24/h1-11H,12H2,(H,18,21)(H,19,22)/b11-10+. The first kappa shape index (κ1) is 17.7. The molecule has 0 spiro atoms. The van der Waals surface area contributed by atoms with Crippen molar-refractivity contribution in [1.29, 1.82) is 0 Å². The summed E-state index contributed by atoms with van der Waals surface area (Å²) < 4.78 is 5.10. The number of ether oxygens (including phenoxy) is 1. The number of nitrogens with zero attached hydrogens (tertiary/aromatic N) is 1. The summed E-state index contributed by atoms with van der Waals surface area (Å²) in [5.74, 6) is -1.21. The van der Waals surface area contributed by atoms with Gasteiger partial charge in [0.25, 0.3) is 11.8 Å². The molecule has 0 aliphatic carbocycles. The van der Waals surface area contributed by atoms with Crippen molar-refractivity contribution in [2.24, 2.45) is 0 Å². The van der Waals surface area contributed by atoms with E-state index in [-0.39, 0.29) is 11.4 Å². The number of carbonyl (C=O) groups excluding carboxylic acids is 2. The van der Waals surface area contributed by atoms with Crippen molar-refractivity contribution >= 4 is 23.6 Å². The van der Waals surface area contributed by atoms with Crippen molar-refractivity contribution in [2.75, 3.05) is 6.61 Å². The predicted molar refractivity (Wildman–Crippen MR) is 90.4 cm³/mol. The number of amides is 2. The van der Waals surface area contributed by atoms with Gasteiger partial charge in [-0.05, 0) is 17.7 Å². The first-order chi connectivity index (χ1) is 12.1. The van der Waals surface area contributed by atoms with E-state index in [9.17, 15) is 19.7 Å². The van der Waals surface area contributed by atoms with Crippen molar-refractivity contribution in [2.45, 2.75) is 0 Å². The van der Waals surface area contributed by atoms with Gasteiger partial charge in [-0.25, -0.2) is 0 Å². The molecule has 128 valence electrons. The summed E-state index contributed by atoms with van der Waals surface area (Å²) in [6, 6.07) is 14.9. The number of nitrogens with one attached hydrogen (secondary N) is 2. The summed E-state index contributed by atoms with van der Waals surface area (Å²) in [7, 11) is 0. The highest BCUT2D eigenvalue weighted by atomic mass is 16.6.